The van der Waals surface area contributed by atoms with Crippen molar-refractivity contribution in [2.45, 2.75) is 59.0 Å². The maximum absolute atomic E-state index is 14.1. The van der Waals surface area contributed by atoms with Crippen LogP contribution in [0.5, 0.6) is 5.75 Å². The van der Waals surface area contributed by atoms with Gasteiger partial charge in [-0.3, -0.25) is 19.1 Å². The van der Waals surface area contributed by atoms with Crippen LogP contribution in [-0.2, 0) is 19.3 Å². The third-order valence-electron chi connectivity index (χ3n) is 7.49. The van der Waals surface area contributed by atoms with Gasteiger partial charge in [0.2, 0.25) is 0 Å². The Kier molecular flexibility index (Phi) is 6.95. The van der Waals surface area contributed by atoms with Crippen LogP contribution in [0.1, 0.15) is 55.4 Å². The highest BCUT2D eigenvalue weighted by Crippen LogP contribution is 2.36. The van der Waals surface area contributed by atoms with Crippen LogP contribution < -0.4 is 15.2 Å². The Bertz CT molecular complexity index is 1870. The Balaban J connectivity index is 1.36. The zero-order valence-corrected chi connectivity index (χ0v) is 24.5. The molecule has 3 heterocycles. The molecule has 2 aromatic heterocycles. The number of rotatable bonds is 7. The van der Waals surface area contributed by atoms with Crippen LogP contribution in [-0.4, -0.2) is 24.5 Å². The second-order valence-corrected chi connectivity index (χ2v) is 11.9. The summed E-state index contributed by atoms with van der Waals surface area (Å²) in [5.74, 6) is 2.13. The molecule has 0 fully saturated rings. The van der Waals surface area contributed by atoms with Crippen LogP contribution in [0.3, 0.4) is 0 Å². The number of benzene rings is 3. The first-order valence-corrected chi connectivity index (χ1v) is 14.7. The van der Waals surface area contributed by atoms with Crippen LogP contribution in [0.15, 0.2) is 76.3 Å². The number of aryl methyl sites for hydroxylation is 2. The van der Waals surface area contributed by atoms with E-state index < -0.39 is 0 Å². The molecular weight excluding hydrogens is 532 g/mol. The summed E-state index contributed by atoms with van der Waals surface area (Å²) in [6.07, 6.45) is 2.94. The fraction of sp³-hybridized carbons (Fsp3) is 0.273. The summed E-state index contributed by atoms with van der Waals surface area (Å²) in [7, 11) is 0. The van der Waals surface area contributed by atoms with Crippen LogP contribution >= 0.6 is 11.5 Å². The van der Waals surface area contributed by atoms with Crippen molar-refractivity contribution in [3.8, 4) is 34.0 Å². The zero-order valence-electron chi connectivity index (χ0n) is 23.7. The number of hydrogen-bond acceptors (Lipinski definition) is 6. The van der Waals surface area contributed by atoms with E-state index in [0.29, 0.717) is 18.1 Å². The van der Waals surface area contributed by atoms with Crippen molar-refractivity contribution in [2.24, 2.45) is 0 Å². The molecule has 1 N–H and O–H groups in total. The first-order valence-electron chi connectivity index (χ1n) is 13.9. The molecule has 0 amide bonds. The summed E-state index contributed by atoms with van der Waals surface area (Å²) in [6, 6.07) is 22.1. The number of nitrogens with zero attached hydrogens (tertiary/aromatic N) is 3. The molecule has 1 aliphatic rings. The first kappa shape index (κ1) is 26.9. The molecule has 41 heavy (non-hydrogen) atoms. The number of hydrogen-bond donors (Lipinski definition) is 1. The second-order valence-electron chi connectivity index (χ2n) is 11.2. The summed E-state index contributed by atoms with van der Waals surface area (Å²) in [4.78, 5) is 33.3. The Morgan fingerprint density at radius 3 is 2.49 bits per heavy atom. The molecule has 0 spiro atoms. The number of ether oxygens (including phenoxy) is 1. The molecule has 0 saturated heterocycles. The minimum Gasteiger partial charge on any atom is -0.487 e. The molecule has 3 aromatic carbocycles. The van der Waals surface area contributed by atoms with Crippen LogP contribution in [0.2, 0.25) is 0 Å². The van der Waals surface area contributed by atoms with E-state index in [-0.39, 0.29) is 16.0 Å². The molecular formula is C33H32N4O3S. The lowest BCUT2D eigenvalue weighted by Crippen LogP contribution is -2.28. The molecule has 0 saturated carbocycles. The molecule has 208 valence electrons. The normalized spacial score (nSPS) is 13.7. The van der Waals surface area contributed by atoms with Gasteiger partial charge >= 0.3 is 4.87 Å². The van der Waals surface area contributed by atoms with Crippen molar-refractivity contribution in [1.29, 1.82) is 0 Å². The Morgan fingerprint density at radius 2 is 1.78 bits per heavy atom. The summed E-state index contributed by atoms with van der Waals surface area (Å²) in [6.45, 7) is 8.16. The van der Waals surface area contributed by atoms with Crippen molar-refractivity contribution in [3.63, 3.8) is 0 Å². The van der Waals surface area contributed by atoms with Gasteiger partial charge in [-0.1, -0.05) is 61.9 Å². The molecule has 0 aliphatic carbocycles. The molecule has 0 radical (unpaired) electrons. The van der Waals surface area contributed by atoms with Crippen LogP contribution in [0.4, 0.5) is 0 Å². The summed E-state index contributed by atoms with van der Waals surface area (Å²) < 4.78 is 12.1. The lowest BCUT2D eigenvalue weighted by Gasteiger charge is -2.16. The maximum atomic E-state index is 14.1. The van der Waals surface area contributed by atoms with Gasteiger partial charge in [0.15, 0.2) is 5.82 Å². The highest BCUT2D eigenvalue weighted by atomic mass is 32.1. The van der Waals surface area contributed by atoms with E-state index in [2.05, 4.69) is 60.5 Å². The summed E-state index contributed by atoms with van der Waals surface area (Å²) >= 11 is 0.915. The molecule has 7 nitrogen and oxygen atoms in total. The summed E-state index contributed by atoms with van der Waals surface area (Å²) in [5, 5.41) is 0. The van der Waals surface area contributed by atoms with Gasteiger partial charge in [-0.05, 0) is 62.1 Å². The fourth-order valence-electron chi connectivity index (χ4n) is 5.67. The van der Waals surface area contributed by atoms with Crippen molar-refractivity contribution >= 4 is 11.5 Å². The number of nitrogens with one attached hydrogen (secondary N) is 1. The third-order valence-corrected chi connectivity index (χ3v) is 8.03. The SMILES string of the molecule is CCCc1nc(C)n(-c2ccc3c(c2)CC(C)(C)O3)c(=O)c1Cc1ccc(-c2ccccc2-c2nsc(=O)[nH]2)cc1. The van der Waals surface area contributed by atoms with E-state index in [4.69, 9.17) is 9.72 Å². The quantitative estimate of drug-likeness (QED) is 0.251. The lowest BCUT2D eigenvalue weighted by atomic mass is 9.96. The van der Waals surface area contributed by atoms with Gasteiger partial charge < -0.3 is 4.74 Å². The van der Waals surface area contributed by atoms with Gasteiger partial charge in [-0.2, -0.15) is 4.37 Å². The summed E-state index contributed by atoms with van der Waals surface area (Å²) in [5.41, 5.74) is 7.13. The second kappa shape index (κ2) is 10.6. The third kappa shape index (κ3) is 5.27. The Hall–Kier alpha value is -4.30. The maximum Gasteiger partial charge on any atom is 0.323 e. The van der Waals surface area contributed by atoms with E-state index in [1.54, 1.807) is 4.57 Å². The highest BCUT2D eigenvalue weighted by Gasteiger charge is 2.30. The predicted octanol–water partition coefficient (Wildman–Crippen LogP) is 6.28. The van der Waals surface area contributed by atoms with Crippen LogP contribution in [0, 0.1) is 6.92 Å². The number of H-pyrrole nitrogens is 1. The largest absolute Gasteiger partial charge is 0.487 e. The van der Waals surface area contributed by atoms with E-state index >= 15 is 0 Å². The zero-order chi connectivity index (χ0) is 28.7. The number of fused-ring (bicyclic) bond motifs is 1. The monoisotopic (exact) mass is 564 g/mol. The molecule has 1 aliphatic heterocycles. The van der Waals surface area contributed by atoms with Gasteiger partial charge in [-0.25, -0.2) is 4.98 Å². The van der Waals surface area contributed by atoms with Crippen molar-refractivity contribution in [3.05, 3.63) is 115 Å². The van der Waals surface area contributed by atoms with Gasteiger partial charge in [0.05, 0.1) is 11.4 Å². The first-order chi connectivity index (χ1) is 19.7. The average molecular weight is 565 g/mol. The topological polar surface area (TPSA) is 89.9 Å². The number of aromatic nitrogens is 4. The van der Waals surface area contributed by atoms with E-state index in [1.165, 1.54) is 0 Å². The smallest absolute Gasteiger partial charge is 0.323 e. The Morgan fingerprint density at radius 1 is 1.02 bits per heavy atom. The van der Waals surface area contributed by atoms with Gasteiger partial charge in [0, 0.05) is 41.1 Å². The average Bonchev–Trinajstić information content (AvgIpc) is 3.52. The minimum absolute atomic E-state index is 0.0269. The van der Waals surface area contributed by atoms with E-state index in [0.717, 1.165) is 81.3 Å². The highest BCUT2D eigenvalue weighted by molar-refractivity contribution is 7.03. The van der Waals surface area contributed by atoms with Gasteiger partial charge in [0.25, 0.3) is 5.56 Å². The Labute approximate surface area is 242 Å². The standard InChI is InChI=1S/C33H32N4O3S/c1-5-8-28-27(31(38)37(20(2)34-28)24-15-16-29-23(18-24)19-33(3,4)40-29)17-21-11-13-22(14-12-21)25-9-6-7-10-26(25)30-35-32(39)41-36-30/h6-7,9-16,18H,5,8,17,19H2,1-4H3,(H,35,36,39). The van der Waals surface area contributed by atoms with E-state index in [9.17, 15) is 9.59 Å². The number of aromatic amines is 1. The van der Waals surface area contributed by atoms with Crippen LogP contribution in [0.25, 0.3) is 28.2 Å². The lowest BCUT2D eigenvalue weighted by molar-refractivity contribution is 0.138. The molecule has 8 heteroatoms. The molecule has 6 rings (SSSR count). The fourth-order valence-corrected chi connectivity index (χ4v) is 6.13. The van der Waals surface area contributed by atoms with Gasteiger partial charge in [-0.15, -0.1) is 0 Å². The van der Waals surface area contributed by atoms with Crippen molar-refractivity contribution < 1.29 is 4.74 Å². The molecule has 0 atom stereocenters. The van der Waals surface area contributed by atoms with Gasteiger partial charge in [0.1, 0.15) is 17.2 Å². The predicted molar refractivity (Wildman–Crippen MR) is 163 cm³/mol. The van der Waals surface area contributed by atoms with Crippen molar-refractivity contribution in [2.75, 3.05) is 0 Å². The molecule has 5 aromatic rings. The van der Waals surface area contributed by atoms with Crippen molar-refractivity contribution in [1.82, 2.24) is 18.9 Å². The minimum atomic E-state index is -0.251. The molecule has 0 unspecified atom stereocenters. The van der Waals surface area contributed by atoms with E-state index in [1.807, 2.05) is 43.3 Å². The molecule has 0 bridgehead atoms.